The average molecular weight is 306 g/mol. The molecule has 0 radical (unpaired) electrons. The maximum Gasteiger partial charge on any atom is 0.123 e. The van der Waals surface area contributed by atoms with E-state index in [1.807, 2.05) is 0 Å². The molecule has 22 heavy (non-hydrogen) atoms. The van der Waals surface area contributed by atoms with Crippen LogP contribution in [0, 0.1) is 0 Å². The summed E-state index contributed by atoms with van der Waals surface area (Å²) >= 11 is 0. The van der Waals surface area contributed by atoms with Gasteiger partial charge in [-0.1, -0.05) is 0 Å². The van der Waals surface area contributed by atoms with Crippen molar-refractivity contribution in [2.75, 3.05) is 46.1 Å². The van der Waals surface area contributed by atoms with Crippen molar-refractivity contribution < 1.29 is 9.47 Å². The Labute approximate surface area is 132 Å². The van der Waals surface area contributed by atoms with Crippen molar-refractivity contribution in [1.82, 2.24) is 19.4 Å². The Kier molecular flexibility index (Phi) is 4.43. The van der Waals surface area contributed by atoms with Crippen LogP contribution in [0.3, 0.4) is 0 Å². The van der Waals surface area contributed by atoms with Gasteiger partial charge >= 0.3 is 0 Å². The van der Waals surface area contributed by atoms with Gasteiger partial charge in [-0.25, -0.2) is 4.98 Å². The fraction of sp³-hybridized carbons (Fsp3) is 0.812. The van der Waals surface area contributed by atoms with Crippen molar-refractivity contribution in [3.8, 4) is 0 Å². The van der Waals surface area contributed by atoms with Crippen molar-refractivity contribution in [2.45, 2.75) is 38.5 Å². The van der Waals surface area contributed by atoms with E-state index in [4.69, 9.17) is 14.5 Å². The highest BCUT2D eigenvalue weighted by Crippen LogP contribution is 2.21. The lowest BCUT2D eigenvalue weighted by molar-refractivity contribution is 0.0235. The van der Waals surface area contributed by atoms with E-state index in [1.54, 1.807) is 0 Å². The molecule has 0 atom stereocenters. The summed E-state index contributed by atoms with van der Waals surface area (Å²) in [5.74, 6) is 1.24. The molecule has 4 rings (SSSR count). The second-order valence-electron chi connectivity index (χ2n) is 6.54. The molecule has 0 spiro atoms. The Morgan fingerprint density at radius 1 is 1.00 bits per heavy atom. The van der Waals surface area contributed by atoms with Gasteiger partial charge in [0, 0.05) is 58.2 Å². The van der Waals surface area contributed by atoms with E-state index in [9.17, 15) is 0 Å². The van der Waals surface area contributed by atoms with Gasteiger partial charge in [0.1, 0.15) is 5.82 Å². The summed E-state index contributed by atoms with van der Waals surface area (Å²) < 4.78 is 13.3. The summed E-state index contributed by atoms with van der Waals surface area (Å²) in [7, 11) is 0. The quantitative estimate of drug-likeness (QED) is 0.823. The predicted octanol–water partition coefficient (Wildman–Crippen LogP) is 0.710. The number of hydrogen-bond donors (Lipinski definition) is 0. The van der Waals surface area contributed by atoms with Crippen molar-refractivity contribution in [3.63, 3.8) is 0 Å². The lowest BCUT2D eigenvalue weighted by atomic mass is 10.1. The van der Waals surface area contributed by atoms with Crippen LogP contribution in [-0.4, -0.2) is 71.5 Å². The summed E-state index contributed by atoms with van der Waals surface area (Å²) in [6, 6.07) is 0.682. The minimum Gasteiger partial charge on any atom is -0.381 e. The van der Waals surface area contributed by atoms with E-state index in [0.29, 0.717) is 6.04 Å². The summed E-state index contributed by atoms with van der Waals surface area (Å²) in [6.45, 7) is 9.75. The van der Waals surface area contributed by atoms with Crippen LogP contribution >= 0.6 is 0 Å². The third-order valence-corrected chi connectivity index (χ3v) is 5.08. The average Bonchev–Trinajstić information content (AvgIpc) is 2.98. The predicted molar refractivity (Wildman–Crippen MR) is 82.6 cm³/mol. The van der Waals surface area contributed by atoms with E-state index in [-0.39, 0.29) is 0 Å². The van der Waals surface area contributed by atoms with Gasteiger partial charge in [-0.15, -0.1) is 0 Å². The van der Waals surface area contributed by atoms with Gasteiger partial charge in [0.2, 0.25) is 0 Å². The van der Waals surface area contributed by atoms with Gasteiger partial charge in [-0.05, 0) is 12.8 Å². The van der Waals surface area contributed by atoms with E-state index < -0.39 is 0 Å². The monoisotopic (exact) mass is 306 g/mol. The Morgan fingerprint density at radius 3 is 2.59 bits per heavy atom. The highest BCUT2D eigenvalue weighted by atomic mass is 16.5. The Balaban J connectivity index is 1.39. The van der Waals surface area contributed by atoms with Gasteiger partial charge in [-0.3, -0.25) is 9.80 Å². The maximum atomic E-state index is 5.49. The molecule has 3 aliphatic heterocycles. The molecule has 0 bridgehead atoms. The second-order valence-corrected chi connectivity index (χ2v) is 6.54. The largest absolute Gasteiger partial charge is 0.381 e. The third kappa shape index (κ3) is 3.20. The van der Waals surface area contributed by atoms with E-state index in [1.165, 1.54) is 24.4 Å². The first-order valence-corrected chi connectivity index (χ1v) is 8.55. The molecule has 2 saturated heterocycles. The van der Waals surface area contributed by atoms with Gasteiger partial charge in [0.15, 0.2) is 0 Å². The number of aromatic nitrogens is 2. The molecule has 4 heterocycles. The molecule has 0 aromatic carbocycles. The molecule has 122 valence electrons. The first kappa shape index (κ1) is 14.6. The number of fused-ring (bicyclic) bond motifs is 1. The zero-order valence-corrected chi connectivity index (χ0v) is 13.2. The number of imidazole rings is 1. The fourth-order valence-corrected chi connectivity index (χ4v) is 3.76. The van der Waals surface area contributed by atoms with Crippen LogP contribution in [0.5, 0.6) is 0 Å². The maximum absolute atomic E-state index is 5.49. The van der Waals surface area contributed by atoms with E-state index in [2.05, 4.69) is 20.6 Å². The minimum atomic E-state index is 0.682. The topological polar surface area (TPSA) is 42.8 Å². The van der Waals surface area contributed by atoms with Gasteiger partial charge in [0.05, 0.1) is 25.5 Å². The Morgan fingerprint density at radius 2 is 1.77 bits per heavy atom. The van der Waals surface area contributed by atoms with Gasteiger partial charge in [0.25, 0.3) is 0 Å². The second kappa shape index (κ2) is 6.66. The smallest absolute Gasteiger partial charge is 0.123 e. The minimum absolute atomic E-state index is 0.682. The van der Waals surface area contributed by atoms with Crippen molar-refractivity contribution in [2.24, 2.45) is 0 Å². The summed E-state index contributed by atoms with van der Waals surface area (Å²) in [4.78, 5) is 9.94. The molecule has 0 amide bonds. The van der Waals surface area contributed by atoms with Gasteiger partial charge < -0.3 is 14.0 Å². The van der Waals surface area contributed by atoms with Crippen LogP contribution < -0.4 is 0 Å². The Hall–Kier alpha value is -0.950. The van der Waals surface area contributed by atoms with Crippen LogP contribution in [0.1, 0.15) is 24.4 Å². The molecule has 0 unspecified atom stereocenters. The third-order valence-electron chi connectivity index (χ3n) is 5.08. The highest BCUT2D eigenvalue weighted by molar-refractivity contribution is 5.07. The molecule has 2 fully saturated rings. The molecular weight excluding hydrogens is 280 g/mol. The molecule has 0 aliphatic carbocycles. The van der Waals surface area contributed by atoms with Crippen molar-refractivity contribution in [3.05, 3.63) is 17.7 Å². The number of ether oxygens (including phenoxy) is 2. The van der Waals surface area contributed by atoms with Crippen molar-refractivity contribution >= 4 is 0 Å². The standard InChI is InChI=1S/C16H26N4O2/c1-7-21-8-2-15(1)19-3-4-20-12-14(17-16(20)13-19)11-18-5-9-22-10-6-18/h12,15H,1-11,13H2. The zero-order chi connectivity index (χ0) is 14.8. The molecule has 3 aliphatic rings. The first-order chi connectivity index (χ1) is 10.9. The van der Waals surface area contributed by atoms with Crippen LogP contribution in [-0.2, 0) is 29.1 Å². The van der Waals surface area contributed by atoms with Crippen LogP contribution in [0.4, 0.5) is 0 Å². The number of nitrogens with zero attached hydrogens (tertiary/aromatic N) is 4. The summed E-state index contributed by atoms with van der Waals surface area (Å²) in [5, 5.41) is 0. The van der Waals surface area contributed by atoms with Crippen molar-refractivity contribution in [1.29, 1.82) is 0 Å². The fourth-order valence-electron chi connectivity index (χ4n) is 3.76. The van der Waals surface area contributed by atoms with E-state index >= 15 is 0 Å². The molecule has 0 N–H and O–H groups in total. The first-order valence-electron chi connectivity index (χ1n) is 8.55. The highest BCUT2D eigenvalue weighted by Gasteiger charge is 2.26. The van der Waals surface area contributed by atoms with Crippen LogP contribution in [0.25, 0.3) is 0 Å². The molecule has 6 nitrogen and oxygen atoms in total. The molecule has 1 aromatic rings. The lowest BCUT2D eigenvalue weighted by Crippen LogP contribution is -2.43. The number of hydrogen-bond acceptors (Lipinski definition) is 5. The van der Waals surface area contributed by atoms with Crippen LogP contribution in [0.2, 0.25) is 0 Å². The summed E-state index contributed by atoms with van der Waals surface area (Å²) in [5.41, 5.74) is 1.21. The zero-order valence-electron chi connectivity index (χ0n) is 13.2. The number of morpholine rings is 1. The molecule has 6 heteroatoms. The Bertz CT molecular complexity index is 492. The molecule has 1 aromatic heterocycles. The normalized spacial score (nSPS) is 25.3. The summed E-state index contributed by atoms with van der Waals surface area (Å²) in [6.07, 6.45) is 4.59. The number of rotatable bonds is 3. The molecular formula is C16H26N4O2. The molecule has 0 saturated carbocycles. The SMILES string of the molecule is c1c(CN2CCOCC2)nc2n1CCN(C1CCOCC1)C2. The van der Waals surface area contributed by atoms with Gasteiger partial charge in [-0.2, -0.15) is 0 Å². The lowest BCUT2D eigenvalue weighted by Gasteiger charge is -2.36. The van der Waals surface area contributed by atoms with Crippen LogP contribution in [0.15, 0.2) is 6.20 Å². The van der Waals surface area contributed by atoms with E-state index in [0.717, 1.165) is 65.7 Å².